The van der Waals surface area contributed by atoms with Gasteiger partial charge in [0.15, 0.2) is 0 Å². The Kier molecular flexibility index (Phi) is 3.16. The van der Waals surface area contributed by atoms with Gasteiger partial charge in [-0.2, -0.15) is 0 Å². The van der Waals surface area contributed by atoms with Crippen molar-refractivity contribution in [3.63, 3.8) is 0 Å². The maximum atomic E-state index is 12.6. The number of carboxylic acids is 1. The summed E-state index contributed by atoms with van der Waals surface area (Å²) in [5.41, 5.74) is -1.31. The first kappa shape index (κ1) is 11.7. The third-order valence-corrected chi connectivity index (χ3v) is 3.11. The number of rotatable bonds is 2. The van der Waals surface area contributed by atoms with Gasteiger partial charge in [0.2, 0.25) is 0 Å². The fourth-order valence-electron chi connectivity index (χ4n) is 1.89. The van der Waals surface area contributed by atoms with Crippen LogP contribution in [0.25, 0.3) is 0 Å². The molecule has 2 atom stereocenters. The smallest absolute Gasteiger partial charge is 0.407 e. The predicted molar refractivity (Wildman–Crippen MR) is 49.4 cm³/mol. The second-order valence-corrected chi connectivity index (χ2v) is 4.07. The van der Waals surface area contributed by atoms with Crippen LogP contribution in [0, 0.1) is 11.3 Å². The molecule has 1 rings (SSSR count). The second kappa shape index (κ2) is 4.04. The lowest BCUT2D eigenvalue weighted by Crippen LogP contribution is -2.53. The normalized spacial score (nSPS) is 31.3. The fraction of sp³-hybridized carbons (Fsp3) is 0.778. The highest BCUT2D eigenvalue weighted by Gasteiger charge is 2.46. The van der Waals surface area contributed by atoms with E-state index in [2.05, 4.69) is 0 Å². The highest BCUT2D eigenvalue weighted by atomic mass is 19.1. The molecule has 1 amide bonds. The first-order valence-electron chi connectivity index (χ1n) is 4.69. The van der Waals surface area contributed by atoms with E-state index in [4.69, 9.17) is 10.2 Å². The summed E-state index contributed by atoms with van der Waals surface area (Å²) in [6.45, 7) is 0.726. The van der Waals surface area contributed by atoms with Gasteiger partial charge in [-0.1, -0.05) is 0 Å². The second-order valence-electron chi connectivity index (χ2n) is 4.07. The largest absolute Gasteiger partial charge is 0.481 e. The Labute approximate surface area is 86.5 Å². The van der Waals surface area contributed by atoms with Gasteiger partial charge in [-0.15, -0.1) is 0 Å². The number of carbonyl (C=O) groups is 2. The lowest BCUT2D eigenvalue weighted by molar-refractivity contribution is -0.155. The first-order valence-corrected chi connectivity index (χ1v) is 4.69. The van der Waals surface area contributed by atoms with E-state index in [-0.39, 0.29) is 19.5 Å². The lowest BCUT2D eigenvalue weighted by Gasteiger charge is -2.41. The van der Waals surface area contributed by atoms with Crippen molar-refractivity contribution in [3.05, 3.63) is 0 Å². The third kappa shape index (κ3) is 2.03. The van der Waals surface area contributed by atoms with Gasteiger partial charge < -0.3 is 15.1 Å². The van der Waals surface area contributed by atoms with Crippen molar-refractivity contribution in [2.24, 2.45) is 11.3 Å². The molecule has 0 aromatic heterocycles. The first-order chi connectivity index (χ1) is 6.91. The number of halogens is 1. The van der Waals surface area contributed by atoms with E-state index in [1.807, 2.05) is 0 Å². The van der Waals surface area contributed by atoms with Crippen LogP contribution < -0.4 is 0 Å². The summed E-state index contributed by atoms with van der Waals surface area (Å²) in [5.74, 6) is -1.75. The molecule has 1 fully saturated rings. The Morgan fingerprint density at radius 1 is 1.53 bits per heavy atom. The van der Waals surface area contributed by atoms with Crippen molar-refractivity contribution < 1.29 is 24.2 Å². The molecule has 1 saturated heterocycles. The molecule has 0 aliphatic carbocycles. The van der Waals surface area contributed by atoms with Crippen molar-refractivity contribution in [1.29, 1.82) is 0 Å². The van der Waals surface area contributed by atoms with E-state index in [0.29, 0.717) is 0 Å². The van der Waals surface area contributed by atoms with Gasteiger partial charge in [0.25, 0.3) is 0 Å². The van der Waals surface area contributed by atoms with Crippen LogP contribution in [0.15, 0.2) is 0 Å². The highest BCUT2D eigenvalue weighted by molar-refractivity contribution is 5.76. The Balaban J connectivity index is 2.87. The lowest BCUT2D eigenvalue weighted by atomic mass is 9.73. The number of carboxylic acid groups (broad SMARTS) is 2. The maximum Gasteiger partial charge on any atom is 0.407 e. The van der Waals surface area contributed by atoms with E-state index in [9.17, 15) is 14.0 Å². The van der Waals surface area contributed by atoms with Crippen LogP contribution in [-0.4, -0.2) is 46.9 Å². The predicted octanol–water partition coefficient (Wildman–Crippen LogP) is 1.05. The van der Waals surface area contributed by atoms with Crippen LogP contribution in [0.5, 0.6) is 0 Å². The van der Waals surface area contributed by atoms with Gasteiger partial charge >= 0.3 is 12.1 Å². The minimum absolute atomic E-state index is 0.147. The van der Waals surface area contributed by atoms with Gasteiger partial charge in [-0.25, -0.2) is 4.79 Å². The van der Waals surface area contributed by atoms with Crippen molar-refractivity contribution in [3.8, 4) is 0 Å². The van der Waals surface area contributed by atoms with E-state index < -0.39 is 30.1 Å². The maximum absolute atomic E-state index is 12.6. The van der Waals surface area contributed by atoms with Crippen LogP contribution in [0.3, 0.4) is 0 Å². The Hall–Kier alpha value is -1.33. The molecule has 0 radical (unpaired) electrons. The Bertz CT molecular complexity index is 283. The van der Waals surface area contributed by atoms with Gasteiger partial charge in [-0.3, -0.25) is 9.18 Å². The van der Waals surface area contributed by atoms with E-state index in [1.54, 1.807) is 0 Å². The number of aliphatic carboxylic acids is 1. The number of piperidine rings is 1. The van der Waals surface area contributed by atoms with E-state index >= 15 is 0 Å². The van der Waals surface area contributed by atoms with Crippen molar-refractivity contribution in [2.45, 2.75) is 13.3 Å². The van der Waals surface area contributed by atoms with Crippen LogP contribution in [-0.2, 0) is 4.79 Å². The molecule has 1 aliphatic rings. The highest BCUT2D eigenvalue weighted by Crippen LogP contribution is 2.36. The molecule has 15 heavy (non-hydrogen) atoms. The number of nitrogens with zero attached hydrogens (tertiary/aromatic N) is 1. The summed E-state index contributed by atoms with van der Waals surface area (Å²) in [5, 5.41) is 17.8. The summed E-state index contributed by atoms with van der Waals surface area (Å²) in [4.78, 5) is 22.8. The minimum atomic E-state index is -1.31. The number of hydrogen-bond donors (Lipinski definition) is 2. The molecule has 5 nitrogen and oxygen atoms in total. The summed E-state index contributed by atoms with van der Waals surface area (Å²) < 4.78 is 12.6. The van der Waals surface area contributed by atoms with Gasteiger partial charge in [0, 0.05) is 19.0 Å². The van der Waals surface area contributed by atoms with E-state index in [1.165, 1.54) is 6.92 Å². The molecular weight excluding hydrogens is 205 g/mol. The molecule has 6 heteroatoms. The number of amides is 1. The number of hydrogen-bond acceptors (Lipinski definition) is 2. The molecule has 0 spiro atoms. The van der Waals surface area contributed by atoms with Gasteiger partial charge in [0.1, 0.15) is 0 Å². The third-order valence-electron chi connectivity index (χ3n) is 3.11. The van der Waals surface area contributed by atoms with Gasteiger partial charge in [-0.05, 0) is 13.3 Å². The molecule has 0 aromatic rings. The van der Waals surface area contributed by atoms with Crippen molar-refractivity contribution in [2.75, 3.05) is 19.8 Å². The summed E-state index contributed by atoms with van der Waals surface area (Å²) >= 11 is 0. The number of likely N-dealkylation sites (tertiary alicyclic amines) is 1. The molecule has 1 aliphatic heterocycles. The summed E-state index contributed by atoms with van der Waals surface area (Å²) in [7, 11) is 0. The Morgan fingerprint density at radius 3 is 2.53 bits per heavy atom. The molecule has 1 heterocycles. The zero-order chi connectivity index (χ0) is 11.6. The molecule has 86 valence electrons. The SMILES string of the molecule is C[C@@]1(C(=O)O)CN(C(=O)O)CC[C@@H]1CF. The summed E-state index contributed by atoms with van der Waals surface area (Å²) in [6, 6.07) is 0. The van der Waals surface area contributed by atoms with Crippen LogP contribution in [0.2, 0.25) is 0 Å². The minimum Gasteiger partial charge on any atom is -0.481 e. The Morgan fingerprint density at radius 2 is 2.13 bits per heavy atom. The molecule has 0 saturated carbocycles. The fourth-order valence-corrected chi connectivity index (χ4v) is 1.89. The van der Waals surface area contributed by atoms with Crippen LogP contribution in [0.4, 0.5) is 9.18 Å². The quantitative estimate of drug-likeness (QED) is 0.727. The zero-order valence-electron chi connectivity index (χ0n) is 8.44. The van der Waals surface area contributed by atoms with Crippen molar-refractivity contribution >= 4 is 12.1 Å². The monoisotopic (exact) mass is 219 g/mol. The molecule has 0 unspecified atom stereocenters. The molecule has 0 bridgehead atoms. The average Bonchev–Trinajstić information content (AvgIpc) is 2.17. The molecular formula is C9H14FNO4. The standard InChI is InChI=1S/C9H14FNO4/c1-9(7(12)13)5-11(8(14)15)3-2-6(9)4-10/h6H,2-5H2,1H3,(H,12,13)(H,14,15)/t6-,9-/m1/s1. The zero-order valence-corrected chi connectivity index (χ0v) is 8.44. The van der Waals surface area contributed by atoms with Crippen LogP contribution >= 0.6 is 0 Å². The van der Waals surface area contributed by atoms with E-state index in [0.717, 1.165) is 4.90 Å². The van der Waals surface area contributed by atoms with Crippen molar-refractivity contribution in [1.82, 2.24) is 4.90 Å². The number of alkyl halides is 1. The topological polar surface area (TPSA) is 77.8 Å². The summed E-state index contributed by atoms with van der Waals surface area (Å²) in [6.07, 6.45) is -0.897. The molecule has 0 aromatic carbocycles. The van der Waals surface area contributed by atoms with Crippen LogP contribution in [0.1, 0.15) is 13.3 Å². The molecule has 2 N–H and O–H groups in total. The average molecular weight is 219 g/mol. The van der Waals surface area contributed by atoms with Gasteiger partial charge in [0.05, 0.1) is 12.1 Å².